The number of nitrogens with one attached hydrogen (secondary N) is 1. The molecule has 0 saturated heterocycles. The molecule has 1 fully saturated rings. The highest BCUT2D eigenvalue weighted by atomic mass is 32.2. The second kappa shape index (κ2) is 6.10. The predicted octanol–water partition coefficient (Wildman–Crippen LogP) is 2.07. The van der Waals surface area contributed by atoms with Crippen molar-refractivity contribution in [2.24, 2.45) is 17.1 Å². The number of sulfonamides is 1. The summed E-state index contributed by atoms with van der Waals surface area (Å²) in [6.07, 6.45) is 4.87. The van der Waals surface area contributed by atoms with Crippen LogP contribution >= 0.6 is 0 Å². The first-order valence-corrected chi connectivity index (χ1v) is 9.22. The third-order valence-corrected chi connectivity index (χ3v) is 6.04. The second-order valence-corrected chi connectivity index (χ2v) is 8.17. The van der Waals surface area contributed by atoms with E-state index in [-0.39, 0.29) is 5.41 Å². The van der Waals surface area contributed by atoms with Gasteiger partial charge in [0, 0.05) is 31.5 Å². The van der Waals surface area contributed by atoms with Crippen LogP contribution in [0.15, 0.2) is 17.2 Å². The molecule has 1 aromatic rings. The Hall–Kier alpha value is -0.850. The first kappa shape index (κ1) is 16.5. The van der Waals surface area contributed by atoms with Crippen LogP contribution in [0.3, 0.4) is 0 Å². The molecule has 6 heteroatoms. The van der Waals surface area contributed by atoms with E-state index in [0.717, 1.165) is 31.5 Å². The van der Waals surface area contributed by atoms with Gasteiger partial charge in [0.05, 0.1) is 4.90 Å². The lowest BCUT2D eigenvalue weighted by atomic mass is 9.93. The van der Waals surface area contributed by atoms with Gasteiger partial charge < -0.3 is 10.3 Å². The van der Waals surface area contributed by atoms with E-state index >= 15 is 0 Å². The summed E-state index contributed by atoms with van der Waals surface area (Å²) in [4.78, 5) is 0.330. The van der Waals surface area contributed by atoms with Crippen LogP contribution in [0.5, 0.6) is 0 Å². The average Bonchev–Trinajstić information content (AvgIpc) is 3.12. The predicted molar refractivity (Wildman–Crippen MR) is 84.3 cm³/mol. The number of aromatic nitrogens is 1. The van der Waals surface area contributed by atoms with Crippen molar-refractivity contribution < 1.29 is 8.42 Å². The molecule has 1 aliphatic carbocycles. The zero-order chi connectivity index (χ0) is 15.7. The minimum Gasteiger partial charge on any atom is -0.349 e. The minimum atomic E-state index is -3.44. The molecule has 0 aromatic carbocycles. The van der Waals surface area contributed by atoms with Crippen molar-refractivity contribution in [3.05, 3.63) is 18.0 Å². The Balaban J connectivity index is 2.12. The van der Waals surface area contributed by atoms with Gasteiger partial charge in [0.25, 0.3) is 0 Å². The second-order valence-electron chi connectivity index (χ2n) is 6.41. The largest absolute Gasteiger partial charge is 0.349 e. The maximum Gasteiger partial charge on any atom is 0.242 e. The highest BCUT2D eigenvalue weighted by Gasteiger charge is 2.45. The smallest absolute Gasteiger partial charge is 0.242 e. The van der Waals surface area contributed by atoms with Gasteiger partial charge in [0.2, 0.25) is 10.0 Å². The Morgan fingerprint density at radius 2 is 2.10 bits per heavy atom. The molecule has 21 heavy (non-hydrogen) atoms. The zero-order valence-corrected chi connectivity index (χ0v) is 14.0. The van der Waals surface area contributed by atoms with Crippen molar-refractivity contribution in [3.8, 4) is 0 Å². The van der Waals surface area contributed by atoms with Crippen molar-refractivity contribution in [2.45, 2.75) is 58.0 Å². The fourth-order valence-electron chi connectivity index (χ4n) is 2.73. The van der Waals surface area contributed by atoms with Crippen molar-refractivity contribution >= 4 is 10.0 Å². The van der Waals surface area contributed by atoms with Gasteiger partial charge in [-0.1, -0.05) is 20.8 Å². The first-order chi connectivity index (χ1) is 9.84. The van der Waals surface area contributed by atoms with Crippen LogP contribution in [0.2, 0.25) is 0 Å². The Bertz CT molecular complexity index is 586. The lowest BCUT2D eigenvalue weighted by Crippen LogP contribution is -2.32. The third-order valence-electron chi connectivity index (χ3n) is 4.68. The number of rotatable bonds is 8. The molecule has 5 nitrogen and oxygen atoms in total. The summed E-state index contributed by atoms with van der Waals surface area (Å²) < 4.78 is 29.6. The fraction of sp³-hybridized carbons (Fsp3) is 0.733. The van der Waals surface area contributed by atoms with E-state index in [4.69, 9.17) is 5.73 Å². The topological polar surface area (TPSA) is 77.1 Å². The van der Waals surface area contributed by atoms with Crippen molar-refractivity contribution in [3.63, 3.8) is 0 Å². The number of aryl methyl sites for hydroxylation is 1. The molecule has 0 radical (unpaired) electrons. The van der Waals surface area contributed by atoms with Crippen molar-refractivity contribution in [1.82, 2.24) is 9.29 Å². The summed E-state index contributed by atoms with van der Waals surface area (Å²) in [6.45, 7) is 8.05. The molecular weight excluding hydrogens is 286 g/mol. The summed E-state index contributed by atoms with van der Waals surface area (Å²) in [5.41, 5.74) is 6.72. The lowest BCUT2D eigenvalue weighted by molar-refractivity contribution is 0.357. The van der Waals surface area contributed by atoms with E-state index < -0.39 is 10.0 Å². The summed E-state index contributed by atoms with van der Waals surface area (Å²) in [7, 11) is -3.44. The molecule has 1 aromatic heterocycles. The molecule has 1 heterocycles. The maximum atomic E-state index is 12.4. The van der Waals surface area contributed by atoms with Gasteiger partial charge in [0.1, 0.15) is 0 Å². The SMILES string of the molecule is CCCn1cc(S(=O)(=O)NCC2(C(C)C)CC2)cc1CN. The van der Waals surface area contributed by atoms with Crippen molar-refractivity contribution in [1.29, 1.82) is 0 Å². The monoisotopic (exact) mass is 313 g/mol. The van der Waals surface area contributed by atoms with E-state index in [0.29, 0.717) is 23.9 Å². The summed E-state index contributed by atoms with van der Waals surface area (Å²) in [5, 5.41) is 0. The Labute approximate surface area is 128 Å². The van der Waals surface area contributed by atoms with E-state index in [2.05, 4.69) is 25.5 Å². The van der Waals surface area contributed by atoms with Crippen molar-refractivity contribution in [2.75, 3.05) is 6.54 Å². The van der Waals surface area contributed by atoms with Crippen LogP contribution in [-0.4, -0.2) is 19.5 Å². The highest BCUT2D eigenvalue weighted by Crippen LogP contribution is 2.51. The van der Waals surface area contributed by atoms with Gasteiger partial charge in [-0.2, -0.15) is 0 Å². The first-order valence-electron chi connectivity index (χ1n) is 7.73. The fourth-order valence-corrected chi connectivity index (χ4v) is 3.94. The molecule has 0 aliphatic heterocycles. The highest BCUT2D eigenvalue weighted by molar-refractivity contribution is 7.89. The summed E-state index contributed by atoms with van der Waals surface area (Å²) >= 11 is 0. The molecule has 120 valence electrons. The molecule has 0 bridgehead atoms. The van der Waals surface area contributed by atoms with Crippen LogP contribution in [0, 0.1) is 11.3 Å². The average molecular weight is 313 g/mol. The van der Waals surface area contributed by atoms with Gasteiger partial charge in [-0.25, -0.2) is 13.1 Å². The Kier molecular flexibility index (Phi) is 4.80. The van der Waals surface area contributed by atoms with E-state index in [9.17, 15) is 8.42 Å². The summed E-state index contributed by atoms with van der Waals surface area (Å²) in [6, 6.07) is 1.69. The van der Waals surface area contributed by atoms with E-state index in [1.54, 1.807) is 12.3 Å². The normalized spacial score (nSPS) is 17.4. The van der Waals surface area contributed by atoms with Gasteiger partial charge in [-0.3, -0.25) is 0 Å². The molecular formula is C15H27N3O2S. The number of hydrogen-bond donors (Lipinski definition) is 2. The van der Waals surface area contributed by atoms with Crippen LogP contribution < -0.4 is 10.5 Å². The number of hydrogen-bond acceptors (Lipinski definition) is 3. The van der Waals surface area contributed by atoms with E-state index in [1.165, 1.54) is 0 Å². The van der Waals surface area contributed by atoms with Gasteiger partial charge in [-0.15, -0.1) is 0 Å². The van der Waals surface area contributed by atoms with Gasteiger partial charge in [-0.05, 0) is 36.7 Å². The molecule has 0 spiro atoms. The molecule has 0 atom stereocenters. The quantitative estimate of drug-likeness (QED) is 0.771. The Morgan fingerprint density at radius 1 is 1.43 bits per heavy atom. The molecule has 3 N–H and O–H groups in total. The van der Waals surface area contributed by atoms with Crippen LogP contribution in [0.25, 0.3) is 0 Å². The van der Waals surface area contributed by atoms with Crippen LogP contribution in [0.1, 0.15) is 45.7 Å². The zero-order valence-electron chi connectivity index (χ0n) is 13.2. The third kappa shape index (κ3) is 3.49. The minimum absolute atomic E-state index is 0.162. The molecule has 0 amide bonds. The number of nitrogens with zero attached hydrogens (tertiary/aromatic N) is 1. The van der Waals surface area contributed by atoms with Gasteiger partial charge in [0.15, 0.2) is 0 Å². The number of nitrogens with two attached hydrogens (primary N) is 1. The molecule has 2 rings (SSSR count). The maximum absolute atomic E-state index is 12.4. The molecule has 0 unspecified atom stereocenters. The van der Waals surface area contributed by atoms with Crippen LogP contribution in [-0.2, 0) is 23.1 Å². The standard InChI is InChI=1S/C15H27N3O2S/c1-4-7-18-10-14(8-13(18)9-16)21(19,20)17-11-15(5-6-15)12(2)3/h8,10,12,17H,4-7,9,11,16H2,1-3H3. The lowest BCUT2D eigenvalue weighted by Gasteiger charge is -2.19. The van der Waals surface area contributed by atoms with Gasteiger partial charge >= 0.3 is 0 Å². The Morgan fingerprint density at radius 3 is 2.57 bits per heavy atom. The van der Waals surface area contributed by atoms with Crippen LogP contribution in [0.4, 0.5) is 0 Å². The summed E-state index contributed by atoms with van der Waals surface area (Å²) in [5.74, 6) is 0.504. The van der Waals surface area contributed by atoms with E-state index in [1.807, 2.05) is 4.57 Å². The molecule has 1 saturated carbocycles. The molecule has 1 aliphatic rings.